The molecule has 0 aromatic carbocycles. The SMILES string of the molecule is CCCCCCC(CCCC)CN1C(=O)C2=C(c3cc4sc(Br)cc4s3)N(CC(CCCC)CCCCCC)C(=O)C2=C1c1cc2sc(Br)cc2s1.CCCCCCC(CCCC)CN1C(=O)C2=C(c3cc4sccc4s3)N(CC(CCCC)CCCCCC)C(=O)C2=C1c1cc2sccc2s1.ClC(Cl)Cl.[B]=NS. The second-order valence-electron chi connectivity index (χ2n) is 29.6. The predicted molar refractivity (Wildman–Crippen MR) is 494 cm³/mol. The summed E-state index contributed by atoms with van der Waals surface area (Å²) in [5.74, 6) is 1.79. The van der Waals surface area contributed by atoms with Crippen LogP contribution in [-0.4, -0.2) is 81.3 Å². The van der Waals surface area contributed by atoms with E-state index in [1.807, 2.05) is 0 Å². The van der Waals surface area contributed by atoms with Gasteiger partial charge in [0.2, 0.25) is 0 Å². The minimum atomic E-state index is -0.750. The summed E-state index contributed by atoms with van der Waals surface area (Å²) < 4.78 is 13.9. The molecule has 0 bridgehead atoms. The van der Waals surface area contributed by atoms with Crippen LogP contribution >= 0.6 is 170 Å². The van der Waals surface area contributed by atoms with Crippen LogP contribution in [0.4, 0.5) is 0 Å². The molecule has 0 N–H and O–H groups in total. The summed E-state index contributed by atoms with van der Waals surface area (Å²) in [4.78, 5) is 73.0. The summed E-state index contributed by atoms with van der Waals surface area (Å²) in [7, 11) is 4.34. The summed E-state index contributed by atoms with van der Waals surface area (Å²) in [6.07, 6.45) is 38.0. The van der Waals surface area contributed by atoms with Gasteiger partial charge in [0.05, 0.1) is 72.2 Å². The third-order valence-electron chi connectivity index (χ3n) is 21.4. The summed E-state index contributed by atoms with van der Waals surface area (Å²) in [5, 5.41) is 4.28. The number of halogens is 5. The van der Waals surface area contributed by atoms with Crippen LogP contribution in [-0.2, 0) is 19.2 Å². The van der Waals surface area contributed by atoms with E-state index in [1.54, 1.807) is 90.7 Å². The molecule has 12 rings (SSSR count). The van der Waals surface area contributed by atoms with Gasteiger partial charge in [-0.2, -0.15) is 0 Å². The van der Waals surface area contributed by atoms with E-state index >= 15 is 19.2 Å². The molecule has 1 radical (unpaired) electrons. The summed E-state index contributed by atoms with van der Waals surface area (Å²) in [6, 6.07) is 17.7. The van der Waals surface area contributed by atoms with Gasteiger partial charge in [0.1, 0.15) is 0 Å². The van der Waals surface area contributed by atoms with E-state index in [-0.39, 0.29) is 23.6 Å². The molecular weight excluding hydrogens is 1720 g/mol. The average Bonchev–Trinajstić information content (AvgIpc) is 1.57. The molecule has 0 saturated heterocycles. The molecule has 0 spiro atoms. The van der Waals surface area contributed by atoms with Gasteiger partial charge in [0.25, 0.3) is 23.6 Å². The van der Waals surface area contributed by atoms with Crippen LogP contribution < -0.4 is 0 Å². The molecule has 109 heavy (non-hydrogen) atoms. The Hall–Kier alpha value is -2.48. The maximum atomic E-state index is 15.2. The number of thiol groups is 1. The Kier molecular flexibility index (Phi) is 38.6. The van der Waals surface area contributed by atoms with Crippen molar-refractivity contribution in [2.75, 3.05) is 26.2 Å². The number of unbranched alkanes of at least 4 members (excludes halogenated alkanes) is 16. The van der Waals surface area contributed by atoms with E-state index in [2.05, 4.69) is 191 Å². The van der Waals surface area contributed by atoms with Gasteiger partial charge in [-0.3, -0.25) is 19.2 Å². The van der Waals surface area contributed by atoms with Gasteiger partial charge in [-0.05, 0) is 166 Å². The number of carbonyl (C=O) groups excluding carboxylic acids is 4. The van der Waals surface area contributed by atoms with Gasteiger partial charge in [-0.25, -0.2) is 0 Å². The van der Waals surface area contributed by atoms with Crippen molar-refractivity contribution < 1.29 is 19.2 Å². The first kappa shape index (κ1) is 90.4. The molecule has 0 aliphatic carbocycles. The molecule has 4 amide bonds. The number of alkyl halides is 3. The molecule has 0 fully saturated rings. The van der Waals surface area contributed by atoms with Crippen molar-refractivity contribution in [2.45, 2.75) is 265 Å². The molecule has 4 unspecified atom stereocenters. The zero-order valence-electron chi connectivity index (χ0n) is 65.2. The third kappa shape index (κ3) is 23.9. The Morgan fingerprint density at radius 2 is 0.569 bits per heavy atom. The van der Waals surface area contributed by atoms with E-state index in [0.29, 0.717) is 72.1 Å². The summed E-state index contributed by atoms with van der Waals surface area (Å²) >= 11 is 38.8. The average molecular weight is 1830 g/mol. The number of rotatable bonds is 44. The molecule has 8 aromatic rings. The fourth-order valence-electron chi connectivity index (χ4n) is 15.9. The topological polar surface area (TPSA) is 93.6 Å². The molecule has 8 aromatic heterocycles. The number of nitrogens with zero attached hydrogens (tertiary/aromatic N) is 5. The van der Waals surface area contributed by atoms with Crippen LogP contribution in [0.25, 0.3) is 60.4 Å². The number of hydrogen-bond acceptors (Lipinski definition) is 14. The normalized spacial score (nSPS) is 15.7. The van der Waals surface area contributed by atoms with Gasteiger partial charge in [-0.15, -0.1) is 90.7 Å². The Morgan fingerprint density at radius 1 is 0.349 bits per heavy atom. The van der Waals surface area contributed by atoms with Crippen LogP contribution in [0, 0.1) is 23.7 Å². The Morgan fingerprint density at radius 3 is 0.798 bits per heavy atom. The van der Waals surface area contributed by atoms with Gasteiger partial charge in [0.15, 0.2) is 4.30 Å². The van der Waals surface area contributed by atoms with E-state index in [4.69, 9.17) is 34.8 Å². The van der Waals surface area contributed by atoms with Gasteiger partial charge >= 0.3 is 24.8 Å². The molecule has 4 aliphatic heterocycles. The number of fused-ring (bicyclic) bond motifs is 6. The van der Waals surface area contributed by atoms with Gasteiger partial charge in [-0.1, -0.05) is 244 Å². The number of thiophene rings is 8. The zero-order valence-corrected chi connectivity index (χ0v) is 78.0. The Bertz CT molecular complexity index is 4010. The summed E-state index contributed by atoms with van der Waals surface area (Å²) in [6.45, 7) is 20.8. The van der Waals surface area contributed by atoms with E-state index in [9.17, 15) is 0 Å². The standard InChI is InChI=1S/C42H54Br2N2O2S4.C42H56N2O2S4.CHCl3.BHNS/c1-5-9-13-15-19-27(17-11-7-3)25-45-39(33-21-29-31(49-33)23-35(43)51-29)37-38(41(45)47)40(34-22-30-32(50-34)24-36(44)52-30)46(42(37)48)26-28(18-12-8-4)20-16-14-10-6-2;1-5-9-13-15-19-29(17-11-7-3)27-43-39(35-25-33-31(49-35)21-23-47-33)37-38(41(43)45)40(36-26-34-32(50-36)22-24-48-34)44(42(37)46)28-30(18-12-8-4)20-16-14-10-6-2;2-1(3)4;1-2-3/h21-24,27-28H,5-20,25-26H2,1-4H3;21-26,29-30H,5-20,27-28H2,1-4H3;1H;3H. The maximum absolute atomic E-state index is 15.2. The summed E-state index contributed by atoms with van der Waals surface area (Å²) in [5.41, 5.74) is 6.09. The van der Waals surface area contributed by atoms with Crippen LogP contribution in [0.1, 0.15) is 280 Å². The quantitative estimate of drug-likeness (QED) is 0.0178. The van der Waals surface area contributed by atoms with Crippen molar-refractivity contribution in [3.63, 3.8) is 0 Å². The fraction of sp³-hybridized carbons (Fsp3) is 0.576. The number of amides is 4. The number of carbonyl (C=O) groups is 4. The first-order valence-electron chi connectivity index (χ1n) is 40.5. The molecule has 4 atom stereocenters. The van der Waals surface area contributed by atoms with Crippen molar-refractivity contribution in [1.29, 1.82) is 0 Å². The van der Waals surface area contributed by atoms with Crippen LogP contribution in [0.15, 0.2) is 93.5 Å². The molecule has 12 heterocycles. The second kappa shape index (κ2) is 46.5. The van der Waals surface area contributed by atoms with Crippen molar-refractivity contribution >= 4 is 262 Å². The van der Waals surface area contributed by atoms with E-state index in [1.165, 1.54) is 153 Å². The molecule has 593 valence electrons. The van der Waals surface area contributed by atoms with Crippen LogP contribution in [0.2, 0.25) is 0 Å². The van der Waals surface area contributed by atoms with Crippen LogP contribution in [0.5, 0.6) is 0 Å². The van der Waals surface area contributed by atoms with Gasteiger partial charge < -0.3 is 19.6 Å². The van der Waals surface area contributed by atoms with Crippen molar-refractivity contribution in [2.24, 2.45) is 28.0 Å². The van der Waals surface area contributed by atoms with Crippen molar-refractivity contribution in [3.8, 4) is 0 Å². The molecular formula is C85H112BBr2Cl3N5O4S9. The Balaban J connectivity index is 0.000000232. The fourth-order valence-corrected chi connectivity index (χ4v) is 26.4. The van der Waals surface area contributed by atoms with Gasteiger partial charge in [0, 0.05) is 63.8 Å². The van der Waals surface area contributed by atoms with Crippen LogP contribution in [0.3, 0.4) is 0 Å². The Labute approximate surface area is 721 Å². The first-order valence-corrected chi connectivity index (χ1v) is 50.4. The number of hydrogen-bond donors (Lipinski definition) is 1. The second-order valence-corrected chi connectivity index (χ2v) is 43.0. The molecule has 9 nitrogen and oxygen atoms in total. The van der Waals surface area contributed by atoms with Crippen molar-refractivity contribution in [3.05, 3.63) is 109 Å². The monoisotopic (exact) mass is 1830 g/mol. The first-order chi connectivity index (χ1) is 52.9. The molecule has 24 heteroatoms. The zero-order chi connectivity index (χ0) is 78.1. The minimum absolute atomic E-state index is 0.0230. The predicted octanol–water partition coefficient (Wildman–Crippen LogP) is 30.9. The van der Waals surface area contributed by atoms with Crippen molar-refractivity contribution in [1.82, 2.24) is 19.6 Å². The molecule has 4 aliphatic rings. The van der Waals surface area contributed by atoms with E-state index < -0.39 is 4.30 Å². The molecule has 0 saturated carbocycles. The third-order valence-corrected chi connectivity index (χ3v) is 31.2. The van der Waals surface area contributed by atoms with E-state index in [0.717, 1.165) is 140 Å².